The Morgan fingerprint density at radius 1 is 1.41 bits per heavy atom. The van der Waals surface area contributed by atoms with Crippen LogP contribution in [0.2, 0.25) is 0 Å². The first-order chi connectivity index (χ1) is 7.88. The molecule has 2 amide bonds. The lowest BCUT2D eigenvalue weighted by atomic mass is 9.98. The molecule has 3 nitrogen and oxygen atoms in total. The third-order valence-corrected chi connectivity index (χ3v) is 3.59. The second-order valence-electron chi connectivity index (χ2n) is 5.10. The predicted octanol–water partition coefficient (Wildman–Crippen LogP) is 2.38. The van der Waals surface area contributed by atoms with Gasteiger partial charge in [0.2, 0.25) is 0 Å². The maximum absolute atomic E-state index is 12.6. The van der Waals surface area contributed by atoms with Gasteiger partial charge in [-0.3, -0.25) is 0 Å². The van der Waals surface area contributed by atoms with Gasteiger partial charge in [0.15, 0.2) is 0 Å². The predicted molar refractivity (Wildman–Crippen MR) is 56.5 cm³/mol. The lowest BCUT2D eigenvalue weighted by Crippen LogP contribution is -2.49. The number of carbonyl (C=O) groups is 1. The van der Waals surface area contributed by atoms with Crippen LogP contribution in [0, 0.1) is 11.8 Å². The van der Waals surface area contributed by atoms with Crippen LogP contribution in [-0.4, -0.2) is 36.2 Å². The van der Waals surface area contributed by atoms with Crippen LogP contribution >= 0.6 is 0 Å². The van der Waals surface area contributed by atoms with Gasteiger partial charge in [0.25, 0.3) is 0 Å². The fraction of sp³-hybridized carbons (Fsp3) is 0.909. The molecule has 1 heterocycles. The molecule has 0 aromatic carbocycles. The quantitative estimate of drug-likeness (QED) is 0.761. The van der Waals surface area contributed by atoms with Crippen LogP contribution < -0.4 is 5.32 Å². The fourth-order valence-corrected chi connectivity index (χ4v) is 2.20. The van der Waals surface area contributed by atoms with Gasteiger partial charge < -0.3 is 10.2 Å². The van der Waals surface area contributed by atoms with Crippen molar-refractivity contribution in [3.63, 3.8) is 0 Å². The molecular weight excluding hydrogens is 233 g/mol. The largest absolute Gasteiger partial charge is 0.393 e. The highest BCUT2D eigenvalue weighted by atomic mass is 19.4. The zero-order valence-electron chi connectivity index (χ0n) is 9.76. The van der Waals surface area contributed by atoms with Gasteiger partial charge in [-0.1, -0.05) is 6.92 Å². The van der Waals surface area contributed by atoms with Gasteiger partial charge in [-0.15, -0.1) is 0 Å². The normalized spacial score (nSPS) is 33.4. The van der Waals surface area contributed by atoms with Crippen molar-refractivity contribution >= 4 is 6.03 Å². The number of nitrogens with zero attached hydrogens (tertiary/aromatic N) is 1. The first-order valence-corrected chi connectivity index (χ1v) is 6.00. The molecule has 3 atom stereocenters. The van der Waals surface area contributed by atoms with Crippen molar-refractivity contribution < 1.29 is 18.0 Å². The number of halogens is 3. The molecule has 0 aromatic heterocycles. The minimum Gasteiger partial charge on any atom is -0.335 e. The molecular formula is C11H17F3N2O. The SMILES string of the molecule is C[C@@H]1C[C@H]1NC(=O)N1CCC[C@H](C(F)(F)F)C1. The summed E-state index contributed by atoms with van der Waals surface area (Å²) in [6.07, 6.45) is -2.70. The molecule has 0 aromatic rings. The first kappa shape index (κ1) is 12.5. The fourth-order valence-electron chi connectivity index (χ4n) is 2.20. The van der Waals surface area contributed by atoms with Crippen molar-refractivity contribution in [1.29, 1.82) is 0 Å². The number of likely N-dealkylation sites (tertiary alicyclic amines) is 1. The average molecular weight is 250 g/mol. The van der Waals surface area contributed by atoms with Crippen molar-refractivity contribution in [2.24, 2.45) is 11.8 Å². The molecule has 1 saturated heterocycles. The van der Waals surface area contributed by atoms with Gasteiger partial charge in [-0.05, 0) is 25.2 Å². The van der Waals surface area contributed by atoms with Crippen LogP contribution in [0.25, 0.3) is 0 Å². The van der Waals surface area contributed by atoms with E-state index in [1.807, 2.05) is 6.92 Å². The lowest BCUT2D eigenvalue weighted by molar-refractivity contribution is -0.184. The molecule has 98 valence electrons. The highest BCUT2D eigenvalue weighted by molar-refractivity contribution is 5.75. The number of alkyl halides is 3. The molecule has 6 heteroatoms. The van der Waals surface area contributed by atoms with Gasteiger partial charge in [-0.2, -0.15) is 13.2 Å². The molecule has 2 aliphatic rings. The summed E-state index contributed by atoms with van der Waals surface area (Å²) in [7, 11) is 0. The van der Waals surface area contributed by atoms with Gasteiger partial charge in [0.05, 0.1) is 5.92 Å². The Morgan fingerprint density at radius 3 is 2.59 bits per heavy atom. The zero-order valence-corrected chi connectivity index (χ0v) is 9.76. The van der Waals surface area contributed by atoms with E-state index in [9.17, 15) is 18.0 Å². The average Bonchev–Trinajstić information content (AvgIpc) is 2.93. The summed E-state index contributed by atoms with van der Waals surface area (Å²) in [6, 6.07) is -0.179. The number of carbonyl (C=O) groups excluding carboxylic acids is 1. The summed E-state index contributed by atoms with van der Waals surface area (Å²) >= 11 is 0. The summed E-state index contributed by atoms with van der Waals surface area (Å²) in [5.41, 5.74) is 0. The van der Waals surface area contributed by atoms with E-state index in [1.54, 1.807) is 0 Å². The van der Waals surface area contributed by atoms with Crippen molar-refractivity contribution in [2.45, 2.75) is 38.4 Å². The van der Waals surface area contributed by atoms with E-state index in [0.717, 1.165) is 6.42 Å². The molecule has 1 saturated carbocycles. The smallest absolute Gasteiger partial charge is 0.335 e. The van der Waals surface area contributed by atoms with Gasteiger partial charge in [0.1, 0.15) is 0 Å². The Morgan fingerprint density at radius 2 is 2.06 bits per heavy atom. The van der Waals surface area contributed by atoms with Crippen LogP contribution in [0.5, 0.6) is 0 Å². The van der Waals surface area contributed by atoms with Crippen LogP contribution in [0.1, 0.15) is 26.2 Å². The number of hydrogen-bond donors (Lipinski definition) is 1. The topological polar surface area (TPSA) is 32.3 Å². The summed E-state index contributed by atoms with van der Waals surface area (Å²) in [5, 5.41) is 2.76. The molecule has 1 aliphatic heterocycles. The van der Waals surface area contributed by atoms with E-state index < -0.39 is 12.1 Å². The molecule has 2 rings (SSSR count). The van der Waals surface area contributed by atoms with Crippen molar-refractivity contribution in [2.75, 3.05) is 13.1 Å². The summed E-state index contributed by atoms with van der Waals surface area (Å²) < 4.78 is 37.7. The number of nitrogens with one attached hydrogen (secondary N) is 1. The van der Waals surface area contributed by atoms with E-state index in [0.29, 0.717) is 18.9 Å². The molecule has 0 radical (unpaired) electrons. The zero-order chi connectivity index (χ0) is 12.6. The third-order valence-electron chi connectivity index (χ3n) is 3.59. The standard InChI is InChI=1S/C11H17F3N2O/c1-7-5-9(7)15-10(17)16-4-2-3-8(6-16)11(12,13)14/h7-9H,2-6H2,1H3,(H,15,17)/t7-,8+,9-/m1/s1. The van der Waals surface area contributed by atoms with E-state index in [2.05, 4.69) is 5.32 Å². The molecule has 0 bridgehead atoms. The molecule has 0 unspecified atom stereocenters. The van der Waals surface area contributed by atoms with Crippen molar-refractivity contribution in [1.82, 2.24) is 10.2 Å². The van der Waals surface area contributed by atoms with E-state index in [1.165, 1.54) is 4.90 Å². The Labute approximate surface area is 98.3 Å². The van der Waals surface area contributed by atoms with Crippen LogP contribution in [-0.2, 0) is 0 Å². The highest BCUT2D eigenvalue weighted by Gasteiger charge is 2.43. The van der Waals surface area contributed by atoms with Crippen molar-refractivity contribution in [3.05, 3.63) is 0 Å². The van der Waals surface area contributed by atoms with Crippen LogP contribution in [0.15, 0.2) is 0 Å². The lowest BCUT2D eigenvalue weighted by Gasteiger charge is -2.33. The van der Waals surface area contributed by atoms with Crippen molar-refractivity contribution in [3.8, 4) is 0 Å². The Balaban J connectivity index is 1.86. The summed E-state index contributed by atoms with van der Waals surface area (Å²) in [6.45, 7) is 2.25. The van der Waals surface area contributed by atoms with E-state index in [4.69, 9.17) is 0 Å². The number of hydrogen-bond acceptors (Lipinski definition) is 1. The maximum atomic E-state index is 12.6. The third kappa shape index (κ3) is 3.04. The van der Waals surface area contributed by atoms with E-state index >= 15 is 0 Å². The van der Waals surface area contributed by atoms with Gasteiger partial charge in [0, 0.05) is 19.1 Å². The number of piperidine rings is 1. The Bertz CT molecular complexity index is 306. The summed E-state index contributed by atoms with van der Waals surface area (Å²) in [4.78, 5) is 13.0. The van der Waals surface area contributed by atoms with Crippen LogP contribution in [0.3, 0.4) is 0 Å². The molecule has 17 heavy (non-hydrogen) atoms. The maximum Gasteiger partial charge on any atom is 0.393 e. The molecule has 1 N–H and O–H groups in total. The Kier molecular flexibility index (Phi) is 3.23. The highest BCUT2D eigenvalue weighted by Crippen LogP contribution is 2.34. The molecule has 2 fully saturated rings. The number of rotatable bonds is 1. The van der Waals surface area contributed by atoms with Gasteiger partial charge >= 0.3 is 12.2 Å². The number of amides is 2. The second kappa shape index (κ2) is 4.38. The monoisotopic (exact) mass is 250 g/mol. The minimum atomic E-state index is -4.19. The second-order valence-corrected chi connectivity index (χ2v) is 5.10. The first-order valence-electron chi connectivity index (χ1n) is 6.00. The minimum absolute atomic E-state index is 0.132. The van der Waals surface area contributed by atoms with Crippen LogP contribution in [0.4, 0.5) is 18.0 Å². The molecule has 1 aliphatic carbocycles. The van der Waals surface area contributed by atoms with Gasteiger partial charge in [-0.25, -0.2) is 4.79 Å². The Hall–Kier alpha value is -0.940. The summed E-state index contributed by atoms with van der Waals surface area (Å²) in [5.74, 6) is -0.902. The number of urea groups is 1. The van der Waals surface area contributed by atoms with E-state index in [-0.39, 0.29) is 25.0 Å². The molecule has 0 spiro atoms.